The van der Waals surface area contributed by atoms with Crippen LogP contribution >= 0.6 is 0 Å². The highest BCUT2D eigenvalue weighted by atomic mass is 16.2. The summed E-state index contributed by atoms with van der Waals surface area (Å²) >= 11 is 0. The van der Waals surface area contributed by atoms with E-state index in [-0.39, 0.29) is 46.8 Å². The van der Waals surface area contributed by atoms with E-state index in [1.807, 2.05) is 0 Å². The molecular weight excluding hydrogens is 316 g/mol. The number of amides is 3. The Kier molecular flexibility index (Phi) is 2.64. The van der Waals surface area contributed by atoms with Crippen molar-refractivity contribution in [3.05, 3.63) is 12.2 Å². The van der Waals surface area contributed by atoms with E-state index in [4.69, 9.17) is 0 Å². The second-order valence-corrected chi connectivity index (χ2v) is 9.65. The normalized spacial score (nSPS) is 51.5. The summed E-state index contributed by atoms with van der Waals surface area (Å²) in [6, 6.07) is 0. The van der Waals surface area contributed by atoms with Gasteiger partial charge in [0.25, 0.3) is 11.8 Å². The zero-order valence-corrected chi connectivity index (χ0v) is 14.3. The van der Waals surface area contributed by atoms with Crippen LogP contribution in [0.4, 0.5) is 0 Å². The smallest absolute Gasteiger partial charge is 0.252 e. The molecule has 6 aliphatic carbocycles. The van der Waals surface area contributed by atoms with Crippen molar-refractivity contribution in [3.63, 3.8) is 0 Å². The third-order valence-corrected chi connectivity index (χ3v) is 8.20. The van der Waals surface area contributed by atoms with Gasteiger partial charge in [-0.05, 0) is 74.5 Å². The molecule has 5 saturated carbocycles. The lowest BCUT2D eigenvalue weighted by Gasteiger charge is -2.55. The minimum Gasteiger partial charge on any atom is -0.273 e. The summed E-state index contributed by atoms with van der Waals surface area (Å²) in [5.41, 5.74) is 2.47. The third kappa shape index (κ3) is 1.77. The Morgan fingerprint density at radius 2 is 1.36 bits per heavy atom. The fourth-order valence-electron chi connectivity index (χ4n) is 7.62. The first-order chi connectivity index (χ1) is 12.0. The van der Waals surface area contributed by atoms with Gasteiger partial charge in [0.1, 0.15) is 0 Å². The highest BCUT2D eigenvalue weighted by Crippen LogP contribution is 2.60. The van der Waals surface area contributed by atoms with Crippen molar-refractivity contribution < 1.29 is 14.4 Å². The van der Waals surface area contributed by atoms with Crippen LogP contribution in [0.1, 0.15) is 44.9 Å². The first-order valence-corrected chi connectivity index (χ1v) is 9.91. The van der Waals surface area contributed by atoms with E-state index in [0.717, 1.165) is 30.7 Å². The van der Waals surface area contributed by atoms with Crippen LogP contribution in [-0.2, 0) is 14.4 Å². The summed E-state index contributed by atoms with van der Waals surface area (Å²) in [4.78, 5) is 38.8. The van der Waals surface area contributed by atoms with Gasteiger partial charge in [0.2, 0.25) is 5.91 Å². The molecule has 0 unspecified atom stereocenters. The van der Waals surface area contributed by atoms with Gasteiger partial charge in [0.05, 0.1) is 17.3 Å². The van der Waals surface area contributed by atoms with Gasteiger partial charge in [-0.1, -0.05) is 12.2 Å². The Hall–Kier alpha value is -1.65. The van der Waals surface area contributed by atoms with Crippen molar-refractivity contribution >= 4 is 17.7 Å². The lowest BCUT2D eigenvalue weighted by Crippen LogP contribution is -2.58. The number of hydrogen-bond donors (Lipinski definition) is 1. The van der Waals surface area contributed by atoms with Crippen molar-refractivity contribution in [2.24, 2.45) is 46.8 Å². The fraction of sp³-hybridized carbons (Fsp3) is 0.750. The molecule has 0 aromatic heterocycles. The van der Waals surface area contributed by atoms with Gasteiger partial charge in [-0.3, -0.25) is 19.8 Å². The van der Waals surface area contributed by atoms with Crippen molar-refractivity contribution in [1.82, 2.24) is 10.4 Å². The molecule has 6 fully saturated rings. The Morgan fingerprint density at radius 1 is 0.880 bits per heavy atom. The summed E-state index contributed by atoms with van der Waals surface area (Å²) in [5.74, 6) is 1.49. The van der Waals surface area contributed by atoms with Crippen molar-refractivity contribution in [2.75, 3.05) is 0 Å². The largest absolute Gasteiger partial charge is 0.273 e. The number of allylic oxidation sites excluding steroid dienone is 2. The molecule has 3 amide bonds. The van der Waals surface area contributed by atoms with E-state index in [1.54, 1.807) is 0 Å². The first kappa shape index (κ1) is 14.5. The van der Waals surface area contributed by atoms with Crippen LogP contribution in [0.5, 0.6) is 0 Å². The van der Waals surface area contributed by atoms with Gasteiger partial charge >= 0.3 is 0 Å². The average Bonchev–Trinajstić information content (AvgIpc) is 3.23. The van der Waals surface area contributed by atoms with Gasteiger partial charge < -0.3 is 0 Å². The zero-order valence-electron chi connectivity index (χ0n) is 14.3. The molecule has 0 spiro atoms. The molecule has 5 nitrogen and oxygen atoms in total. The quantitative estimate of drug-likeness (QED) is 0.618. The van der Waals surface area contributed by atoms with E-state index < -0.39 is 0 Å². The Morgan fingerprint density at radius 3 is 1.84 bits per heavy atom. The standard InChI is InChI=1S/C20H24N2O3/c23-17-15-13-1-2-14(6-13)16(15)18(24)22(17)21-19(25)20-7-10-3-11(8-20)5-12(4-10)9-20/h1-2,10-16H,3-9H2,(H,21,25)/t10?,11?,12?,13-,14+,15+,16-,20?. The lowest BCUT2D eigenvalue weighted by atomic mass is 9.49. The van der Waals surface area contributed by atoms with E-state index in [2.05, 4.69) is 17.6 Å². The van der Waals surface area contributed by atoms with Crippen LogP contribution in [0.15, 0.2) is 12.2 Å². The Labute approximate surface area is 147 Å². The van der Waals surface area contributed by atoms with E-state index >= 15 is 0 Å². The SMILES string of the molecule is O=C1[C@@H]2[C@H](C(=O)N1NC(=O)C13CC4CC(CC(C4)C1)C3)[C@H]1C=C[C@@H]2C1. The molecular formula is C20H24N2O3. The molecule has 25 heavy (non-hydrogen) atoms. The van der Waals surface area contributed by atoms with Crippen molar-refractivity contribution in [3.8, 4) is 0 Å². The summed E-state index contributed by atoms with van der Waals surface area (Å²) in [6.45, 7) is 0. The number of nitrogens with zero attached hydrogens (tertiary/aromatic N) is 1. The molecule has 7 aliphatic rings. The monoisotopic (exact) mass is 340 g/mol. The zero-order chi connectivity index (χ0) is 16.9. The maximum absolute atomic E-state index is 13.2. The average molecular weight is 340 g/mol. The first-order valence-electron chi connectivity index (χ1n) is 9.91. The number of carbonyl (C=O) groups is 3. The summed E-state index contributed by atoms with van der Waals surface area (Å²) < 4.78 is 0. The second kappa shape index (κ2) is 4.54. The Bertz CT molecular complexity index is 661. The molecule has 4 atom stereocenters. The minimum absolute atomic E-state index is 0.0615. The van der Waals surface area contributed by atoms with Crippen LogP contribution < -0.4 is 5.43 Å². The van der Waals surface area contributed by atoms with Crippen molar-refractivity contribution in [2.45, 2.75) is 44.9 Å². The van der Waals surface area contributed by atoms with Gasteiger partial charge in [-0.15, -0.1) is 0 Å². The van der Waals surface area contributed by atoms with Crippen LogP contribution in [-0.4, -0.2) is 22.7 Å². The summed E-state index contributed by atoms with van der Waals surface area (Å²) in [7, 11) is 0. The molecule has 1 N–H and O–H groups in total. The highest BCUT2D eigenvalue weighted by Gasteiger charge is 2.61. The van der Waals surface area contributed by atoms with E-state index in [0.29, 0.717) is 17.8 Å². The third-order valence-electron chi connectivity index (χ3n) is 8.20. The molecule has 7 rings (SSSR count). The van der Waals surface area contributed by atoms with Gasteiger partial charge in [0.15, 0.2) is 0 Å². The van der Waals surface area contributed by atoms with Crippen LogP contribution in [0, 0.1) is 46.8 Å². The molecule has 0 aromatic carbocycles. The molecule has 0 aromatic rings. The number of imide groups is 1. The molecule has 6 bridgehead atoms. The molecule has 132 valence electrons. The topological polar surface area (TPSA) is 66.5 Å². The number of fused-ring (bicyclic) bond motifs is 5. The Balaban J connectivity index is 1.25. The summed E-state index contributed by atoms with van der Waals surface area (Å²) in [5, 5.41) is 1.10. The number of hydrazine groups is 1. The molecule has 1 heterocycles. The summed E-state index contributed by atoms with van der Waals surface area (Å²) in [6.07, 6.45) is 11.7. The number of hydrogen-bond acceptors (Lipinski definition) is 3. The molecule has 0 radical (unpaired) electrons. The molecule has 1 saturated heterocycles. The van der Waals surface area contributed by atoms with E-state index in [9.17, 15) is 14.4 Å². The van der Waals surface area contributed by atoms with E-state index in [1.165, 1.54) is 19.3 Å². The second-order valence-electron chi connectivity index (χ2n) is 9.65. The number of nitrogens with one attached hydrogen (secondary N) is 1. The van der Waals surface area contributed by atoms with Gasteiger partial charge in [-0.25, -0.2) is 0 Å². The lowest BCUT2D eigenvalue weighted by molar-refractivity contribution is -0.160. The maximum Gasteiger partial charge on any atom is 0.252 e. The number of rotatable bonds is 2. The maximum atomic E-state index is 13.2. The van der Waals surface area contributed by atoms with Crippen LogP contribution in [0.3, 0.4) is 0 Å². The fourth-order valence-corrected chi connectivity index (χ4v) is 7.62. The van der Waals surface area contributed by atoms with Crippen LogP contribution in [0.2, 0.25) is 0 Å². The predicted octanol–water partition coefficient (Wildman–Crippen LogP) is 2.04. The minimum atomic E-state index is -0.329. The number of carbonyl (C=O) groups excluding carboxylic acids is 3. The van der Waals surface area contributed by atoms with Gasteiger partial charge in [-0.2, -0.15) is 5.01 Å². The molecule has 1 aliphatic heterocycles. The van der Waals surface area contributed by atoms with Crippen molar-refractivity contribution in [1.29, 1.82) is 0 Å². The predicted molar refractivity (Wildman–Crippen MR) is 88.3 cm³/mol. The van der Waals surface area contributed by atoms with Crippen LogP contribution in [0.25, 0.3) is 0 Å². The van der Waals surface area contributed by atoms with Gasteiger partial charge in [0, 0.05) is 0 Å². The molecule has 5 heteroatoms. The highest BCUT2D eigenvalue weighted by molar-refractivity contribution is 6.07.